The van der Waals surface area contributed by atoms with Gasteiger partial charge in [0, 0.05) is 17.5 Å². The first kappa shape index (κ1) is 12.5. The average molecular weight is 244 g/mol. The second-order valence-corrected chi connectivity index (χ2v) is 4.99. The van der Waals surface area contributed by atoms with Crippen molar-refractivity contribution in [2.45, 2.75) is 25.8 Å². The van der Waals surface area contributed by atoms with Crippen LogP contribution in [0.15, 0.2) is 40.9 Å². The van der Waals surface area contributed by atoms with E-state index in [1.54, 1.807) is 30.5 Å². The first-order chi connectivity index (χ1) is 8.46. The van der Waals surface area contributed by atoms with Crippen LogP contribution < -0.4 is 5.73 Å². The van der Waals surface area contributed by atoms with Gasteiger partial charge < -0.3 is 10.2 Å². The molecule has 4 heteroatoms. The number of benzene rings is 1. The summed E-state index contributed by atoms with van der Waals surface area (Å²) in [4.78, 5) is 16.0. The number of hydrogen-bond acceptors (Lipinski definition) is 4. The Hall–Kier alpha value is -1.94. The van der Waals surface area contributed by atoms with Gasteiger partial charge >= 0.3 is 0 Å². The lowest BCUT2D eigenvalue weighted by Gasteiger charge is -2.15. The lowest BCUT2D eigenvalue weighted by Crippen LogP contribution is -2.34. The van der Waals surface area contributed by atoms with Gasteiger partial charge in [0.15, 0.2) is 0 Å². The predicted molar refractivity (Wildman–Crippen MR) is 68.3 cm³/mol. The smallest absolute Gasteiger partial charge is 0.268 e. The highest BCUT2D eigenvalue weighted by atomic mass is 16.4. The highest BCUT2D eigenvalue weighted by Crippen LogP contribution is 2.14. The van der Waals surface area contributed by atoms with Crippen LogP contribution >= 0.6 is 0 Å². The lowest BCUT2D eigenvalue weighted by atomic mass is 10.0. The molecule has 0 amide bonds. The Labute approximate surface area is 106 Å². The zero-order chi connectivity index (χ0) is 13.2. The number of rotatable bonds is 4. The molecule has 0 aliphatic heterocycles. The van der Waals surface area contributed by atoms with Crippen LogP contribution in [0.2, 0.25) is 0 Å². The summed E-state index contributed by atoms with van der Waals surface area (Å²) in [6.07, 6.45) is 2.10. The summed E-state index contributed by atoms with van der Waals surface area (Å²) in [7, 11) is 0. The highest BCUT2D eigenvalue weighted by Gasteiger charge is 2.19. The summed E-state index contributed by atoms with van der Waals surface area (Å²) in [5.41, 5.74) is 6.08. The van der Waals surface area contributed by atoms with Crippen molar-refractivity contribution in [2.24, 2.45) is 5.73 Å². The van der Waals surface area contributed by atoms with Gasteiger partial charge in [0.25, 0.3) is 5.89 Å². The Balaban J connectivity index is 2.18. The quantitative estimate of drug-likeness (QED) is 0.837. The molecule has 0 fully saturated rings. The van der Waals surface area contributed by atoms with E-state index in [9.17, 15) is 4.79 Å². The van der Waals surface area contributed by atoms with Crippen LogP contribution in [0.5, 0.6) is 0 Å². The number of nitrogens with zero attached hydrogens (tertiary/aromatic N) is 1. The summed E-state index contributed by atoms with van der Waals surface area (Å²) in [6, 6.07) is 8.94. The molecule has 1 heterocycles. The molecule has 0 spiro atoms. The van der Waals surface area contributed by atoms with Gasteiger partial charge in [0.2, 0.25) is 5.78 Å². The lowest BCUT2D eigenvalue weighted by molar-refractivity contribution is 0.100. The molecule has 1 aromatic carbocycles. The molecule has 0 atom stereocenters. The van der Waals surface area contributed by atoms with Crippen molar-refractivity contribution in [1.29, 1.82) is 0 Å². The van der Waals surface area contributed by atoms with Gasteiger partial charge in [-0.1, -0.05) is 30.3 Å². The number of nitrogens with two attached hydrogens (primary N) is 1. The molecule has 0 unspecified atom stereocenters. The van der Waals surface area contributed by atoms with Crippen LogP contribution in [-0.4, -0.2) is 16.3 Å². The summed E-state index contributed by atoms with van der Waals surface area (Å²) < 4.78 is 5.44. The normalized spacial score (nSPS) is 11.5. The van der Waals surface area contributed by atoms with Crippen LogP contribution in [-0.2, 0) is 6.42 Å². The van der Waals surface area contributed by atoms with E-state index in [1.165, 1.54) is 0 Å². The number of carbonyl (C=O) groups excluding carboxylic acids is 1. The van der Waals surface area contributed by atoms with E-state index in [0.717, 1.165) is 0 Å². The van der Waals surface area contributed by atoms with Gasteiger partial charge in [-0.2, -0.15) is 0 Å². The van der Waals surface area contributed by atoms with E-state index < -0.39 is 0 Å². The molecule has 18 heavy (non-hydrogen) atoms. The van der Waals surface area contributed by atoms with Crippen molar-refractivity contribution in [1.82, 2.24) is 4.98 Å². The van der Waals surface area contributed by atoms with Crippen LogP contribution in [0.3, 0.4) is 0 Å². The fourth-order valence-electron chi connectivity index (χ4n) is 1.66. The SMILES string of the molecule is CC(C)(N)Cc1cnc(C(=O)c2ccccc2)o1. The molecule has 2 aromatic rings. The summed E-state index contributed by atoms with van der Waals surface area (Å²) in [5.74, 6) is 0.527. The standard InChI is InChI=1S/C14H16N2O2/c1-14(2,15)8-11-9-16-13(18-11)12(17)10-6-4-3-5-7-10/h3-7,9H,8,15H2,1-2H3. The minimum absolute atomic E-state index is 0.112. The molecule has 0 aliphatic rings. The van der Waals surface area contributed by atoms with Gasteiger partial charge in [-0.3, -0.25) is 4.79 Å². The van der Waals surface area contributed by atoms with Gasteiger partial charge in [-0.05, 0) is 13.8 Å². The second kappa shape index (κ2) is 4.74. The Morgan fingerprint density at radius 3 is 2.61 bits per heavy atom. The van der Waals surface area contributed by atoms with Crippen LogP contribution in [0, 0.1) is 0 Å². The second-order valence-electron chi connectivity index (χ2n) is 4.99. The molecule has 0 bridgehead atoms. The van der Waals surface area contributed by atoms with Crippen molar-refractivity contribution >= 4 is 5.78 Å². The summed E-state index contributed by atoms with van der Waals surface area (Å²) >= 11 is 0. The molecule has 1 aromatic heterocycles. The molecule has 2 rings (SSSR count). The molecular formula is C14H16N2O2. The van der Waals surface area contributed by atoms with E-state index in [4.69, 9.17) is 10.2 Å². The summed E-state index contributed by atoms with van der Waals surface area (Å²) in [5, 5.41) is 0. The van der Waals surface area contributed by atoms with Gasteiger partial charge in [-0.25, -0.2) is 4.98 Å². The van der Waals surface area contributed by atoms with Crippen molar-refractivity contribution < 1.29 is 9.21 Å². The third-order valence-corrected chi connectivity index (χ3v) is 2.41. The van der Waals surface area contributed by atoms with E-state index in [1.807, 2.05) is 19.9 Å². The van der Waals surface area contributed by atoms with Gasteiger partial charge in [0.05, 0.1) is 6.20 Å². The fraction of sp³-hybridized carbons (Fsp3) is 0.286. The van der Waals surface area contributed by atoms with Crippen LogP contribution in [0.4, 0.5) is 0 Å². The Morgan fingerprint density at radius 2 is 2.00 bits per heavy atom. The molecule has 0 saturated heterocycles. The molecule has 4 nitrogen and oxygen atoms in total. The third-order valence-electron chi connectivity index (χ3n) is 2.41. The van der Waals surface area contributed by atoms with E-state index in [2.05, 4.69) is 4.98 Å². The Kier molecular flexibility index (Phi) is 3.30. The van der Waals surface area contributed by atoms with E-state index >= 15 is 0 Å². The number of ketones is 1. The zero-order valence-electron chi connectivity index (χ0n) is 10.5. The fourth-order valence-corrected chi connectivity index (χ4v) is 1.66. The van der Waals surface area contributed by atoms with Crippen LogP contribution in [0.1, 0.15) is 35.9 Å². The van der Waals surface area contributed by atoms with Crippen LogP contribution in [0.25, 0.3) is 0 Å². The molecular weight excluding hydrogens is 228 g/mol. The topological polar surface area (TPSA) is 69.1 Å². The van der Waals surface area contributed by atoms with Crippen molar-refractivity contribution in [3.8, 4) is 0 Å². The van der Waals surface area contributed by atoms with E-state index in [-0.39, 0.29) is 17.2 Å². The Morgan fingerprint density at radius 1 is 1.33 bits per heavy atom. The van der Waals surface area contributed by atoms with Gasteiger partial charge in [-0.15, -0.1) is 0 Å². The summed E-state index contributed by atoms with van der Waals surface area (Å²) in [6.45, 7) is 3.79. The molecule has 0 aliphatic carbocycles. The highest BCUT2D eigenvalue weighted by molar-refractivity contribution is 6.05. The monoisotopic (exact) mass is 244 g/mol. The first-order valence-corrected chi connectivity index (χ1v) is 5.79. The number of carbonyl (C=O) groups is 1. The number of oxazole rings is 1. The largest absolute Gasteiger partial charge is 0.439 e. The zero-order valence-corrected chi connectivity index (χ0v) is 10.5. The van der Waals surface area contributed by atoms with Crippen molar-refractivity contribution in [3.63, 3.8) is 0 Å². The molecule has 2 N–H and O–H groups in total. The number of aromatic nitrogens is 1. The predicted octanol–water partition coefficient (Wildman–Crippen LogP) is 2.19. The maximum atomic E-state index is 12.0. The van der Waals surface area contributed by atoms with Crippen molar-refractivity contribution in [2.75, 3.05) is 0 Å². The minimum atomic E-state index is -0.382. The third kappa shape index (κ3) is 3.05. The van der Waals surface area contributed by atoms with Gasteiger partial charge in [0.1, 0.15) is 5.76 Å². The number of hydrogen-bond donors (Lipinski definition) is 1. The maximum Gasteiger partial charge on any atom is 0.268 e. The van der Waals surface area contributed by atoms with Crippen molar-refractivity contribution in [3.05, 3.63) is 53.7 Å². The molecule has 94 valence electrons. The molecule has 0 saturated carbocycles. The average Bonchev–Trinajstić information content (AvgIpc) is 2.75. The van der Waals surface area contributed by atoms with E-state index in [0.29, 0.717) is 17.7 Å². The maximum absolute atomic E-state index is 12.0. The minimum Gasteiger partial charge on any atom is -0.439 e. The molecule has 0 radical (unpaired) electrons. The Bertz CT molecular complexity index is 538. The first-order valence-electron chi connectivity index (χ1n) is 5.79.